The highest BCUT2D eigenvalue weighted by molar-refractivity contribution is 6.05. The zero-order chi connectivity index (χ0) is 13.4. The summed E-state index contributed by atoms with van der Waals surface area (Å²) < 4.78 is 0. The maximum Gasteiger partial charge on any atom is 0.233 e. The SMILES string of the molecule is O=C1C2CCCC2C(=O)N1CCc1ccc(O)cc1. The number of hydrogen-bond acceptors (Lipinski definition) is 3. The van der Waals surface area contributed by atoms with Crippen molar-refractivity contribution in [1.29, 1.82) is 0 Å². The number of phenols is 1. The molecule has 1 heterocycles. The number of fused-ring (bicyclic) bond motifs is 1. The van der Waals surface area contributed by atoms with Crippen LogP contribution in [0.25, 0.3) is 0 Å². The van der Waals surface area contributed by atoms with Crippen molar-refractivity contribution < 1.29 is 14.7 Å². The molecule has 2 atom stereocenters. The van der Waals surface area contributed by atoms with E-state index in [-0.39, 0.29) is 29.4 Å². The van der Waals surface area contributed by atoms with Crippen LogP contribution in [0.15, 0.2) is 24.3 Å². The van der Waals surface area contributed by atoms with E-state index in [0.717, 1.165) is 24.8 Å². The summed E-state index contributed by atoms with van der Waals surface area (Å²) in [5.41, 5.74) is 1.02. The van der Waals surface area contributed by atoms with Crippen molar-refractivity contribution in [2.75, 3.05) is 6.54 Å². The first kappa shape index (κ1) is 12.2. The lowest BCUT2D eigenvalue weighted by atomic mass is 10.00. The van der Waals surface area contributed by atoms with Gasteiger partial charge >= 0.3 is 0 Å². The van der Waals surface area contributed by atoms with E-state index in [1.54, 1.807) is 12.1 Å². The number of likely N-dealkylation sites (tertiary alicyclic amines) is 1. The fourth-order valence-corrected chi connectivity index (χ4v) is 3.18. The fourth-order valence-electron chi connectivity index (χ4n) is 3.18. The topological polar surface area (TPSA) is 57.6 Å². The molecule has 2 amide bonds. The van der Waals surface area contributed by atoms with Gasteiger partial charge in [0.1, 0.15) is 5.75 Å². The third kappa shape index (κ3) is 2.11. The molecule has 0 bridgehead atoms. The Kier molecular flexibility index (Phi) is 3.01. The second-order valence-electron chi connectivity index (χ2n) is 5.39. The van der Waals surface area contributed by atoms with Crippen LogP contribution in [0.3, 0.4) is 0 Å². The van der Waals surface area contributed by atoms with Crippen LogP contribution in [0.2, 0.25) is 0 Å². The largest absolute Gasteiger partial charge is 0.508 e. The number of nitrogens with zero attached hydrogens (tertiary/aromatic N) is 1. The third-order valence-electron chi connectivity index (χ3n) is 4.24. The molecule has 1 N–H and O–H groups in total. The van der Waals surface area contributed by atoms with Gasteiger partial charge in [0, 0.05) is 6.54 Å². The highest BCUT2D eigenvalue weighted by Gasteiger charge is 2.49. The Labute approximate surface area is 112 Å². The first-order valence-electron chi connectivity index (χ1n) is 6.80. The van der Waals surface area contributed by atoms with Crippen molar-refractivity contribution in [3.8, 4) is 5.75 Å². The van der Waals surface area contributed by atoms with Crippen LogP contribution in [-0.2, 0) is 16.0 Å². The standard InChI is InChI=1S/C15H17NO3/c17-11-6-4-10(5-7-11)8-9-16-14(18)12-2-1-3-13(12)15(16)19/h4-7,12-13,17H,1-3,8-9H2. The monoisotopic (exact) mass is 259 g/mol. The molecular formula is C15H17NO3. The molecule has 3 rings (SSSR count). The summed E-state index contributed by atoms with van der Waals surface area (Å²) in [6.07, 6.45) is 3.38. The zero-order valence-corrected chi connectivity index (χ0v) is 10.7. The fraction of sp³-hybridized carbons (Fsp3) is 0.467. The maximum atomic E-state index is 12.1. The van der Waals surface area contributed by atoms with Gasteiger partial charge in [-0.05, 0) is 37.0 Å². The Hall–Kier alpha value is -1.84. The normalized spacial score (nSPS) is 26.0. The summed E-state index contributed by atoms with van der Waals surface area (Å²) in [6.45, 7) is 0.454. The van der Waals surface area contributed by atoms with Crippen molar-refractivity contribution in [2.24, 2.45) is 11.8 Å². The number of rotatable bonds is 3. The number of hydrogen-bond donors (Lipinski definition) is 1. The molecule has 19 heavy (non-hydrogen) atoms. The van der Waals surface area contributed by atoms with Crippen LogP contribution in [0.4, 0.5) is 0 Å². The highest BCUT2D eigenvalue weighted by Crippen LogP contribution is 2.39. The van der Waals surface area contributed by atoms with Crippen LogP contribution in [0.5, 0.6) is 5.75 Å². The zero-order valence-electron chi connectivity index (χ0n) is 10.7. The van der Waals surface area contributed by atoms with E-state index in [9.17, 15) is 14.7 Å². The molecule has 0 spiro atoms. The van der Waals surface area contributed by atoms with E-state index in [1.807, 2.05) is 12.1 Å². The molecule has 1 aliphatic carbocycles. The van der Waals surface area contributed by atoms with Gasteiger partial charge in [0.2, 0.25) is 11.8 Å². The van der Waals surface area contributed by atoms with Crippen LogP contribution in [0.1, 0.15) is 24.8 Å². The average Bonchev–Trinajstić information content (AvgIpc) is 2.96. The average molecular weight is 259 g/mol. The Morgan fingerprint density at radius 1 is 1.05 bits per heavy atom. The van der Waals surface area contributed by atoms with E-state index in [0.29, 0.717) is 13.0 Å². The number of phenolic OH excluding ortho intramolecular Hbond substituents is 1. The van der Waals surface area contributed by atoms with Gasteiger partial charge in [-0.25, -0.2) is 0 Å². The quantitative estimate of drug-likeness (QED) is 0.841. The molecule has 4 nitrogen and oxygen atoms in total. The number of imide groups is 1. The number of carbonyl (C=O) groups is 2. The van der Waals surface area contributed by atoms with Crippen molar-refractivity contribution in [3.63, 3.8) is 0 Å². The van der Waals surface area contributed by atoms with E-state index in [4.69, 9.17) is 0 Å². The second-order valence-corrected chi connectivity index (χ2v) is 5.39. The Morgan fingerprint density at radius 2 is 1.63 bits per heavy atom. The minimum atomic E-state index is -0.0488. The Morgan fingerprint density at radius 3 is 2.21 bits per heavy atom. The molecule has 2 aliphatic rings. The lowest BCUT2D eigenvalue weighted by Crippen LogP contribution is -2.33. The van der Waals surface area contributed by atoms with Gasteiger partial charge in [0.25, 0.3) is 0 Å². The molecule has 1 aliphatic heterocycles. The van der Waals surface area contributed by atoms with Gasteiger partial charge in [-0.3, -0.25) is 14.5 Å². The Bertz CT molecular complexity index is 487. The molecule has 2 unspecified atom stereocenters. The summed E-state index contributed by atoms with van der Waals surface area (Å²) in [5.74, 6) is 0.170. The summed E-state index contributed by atoms with van der Waals surface area (Å²) in [5, 5.41) is 9.21. The predicted molar refractivity (Wildman–Crippen MR) is 69.4 cm³/mol. The maximum absolute atomic E-state index is 12.1. The molecule has 1 aromatic carbocycles. The van der Waals surface area contributed by atoms with Gasteiger partial charge in [-0.1, -0.05) is 18.6 Å². The summed E-state index contributed by atoms with van der Waals surface area (Å²) in [4.78, 5) is 25.7. The lowest BCUT2D eigenvalue weighted by Gasteiger charge is -2.15. The van der Waals surface area contributed by atoms with Gasteiger partial charge in [0.15, 0.2) is 0 Å². The number of carbonyl (C=O) groups excluding carboxylic acids is 2. The molecule has 0 aromatic heterocycles. The van der Waals surface area contributed by atoms with Crippen molar-refractivity contribution in [2.45, 2.75) is 25.7 Å². The first-order valence-corrected chi connectivity index (χ1v) is 6.80. The molecule has 0 radical (unpaired) electrons. The third-order valence-corrected chi connectivity index (χ3v) is 4.24. The molecule has 2 fully saturated rings. The summed E-state index contributed by atoms with van der Waals surface area (Å²) in [6, 6.07) is 6.89. The van der Waals surface area contributed by atoms with Crippen LogP contribution < -0.4 is 0 Å². The van der Waals surface area contributed by atoms with Crippen molar-refractivity contribution >= 4 is 11.8 Å². The molecular weight excluding hydrogens is 242 g/mol. The van der Waals surface area contributed by atoms with E-state index >= 15 is 0 Å². The van der Waals surface area contributed by atoms with Crippen molar-refractivity contribution in [3.05, 3.63) is 29.8 Å². The van der Waals surface area contributed by atoms with Crippen molar-refractivity contribution in [1.82, 2.24) is 4.90 Å². The van der Waals surface area contributed by atoms with E-state index in [1.165, 1.54) is 4.90 Å². The predicted octanol–water partition coefficient (Wildman–Crippen LogP) is 1.72. The molecule has 1 saturated heterocycles. The van der Waals surface area contributed by atoms with Gasteiger partial charge in [-0.15, -0.1) is 0 Å². The number of benzene rings is 1. The van der Waals surface area contributed by atoms with Gasteiger partial charge < -0.3 is 5.11 Å². The summed E-state index contributed by atoms with van der Waals surface area (Å²) >= 11 is 0. The van der Waals surface area contributed by atoms with Gasteiger partial charge in [-0.2, -0.15) is 0 Å². The second kappa shape index (κ2) is 4.68. The smallest absolute Gasteiger partial charge is 0.233 e. The molecule has 100 valence electrons. The lowest BCUT2D eigenvalue weighted by molar-refractivity contribution is -0.140. The van der Waals surface area contributed by atoms with Crippen LogP contribution in [-0.4, -0.2) is 28.4 Å². The van der Waals surface area contributed by atoms with Crippen LogP contribution >= 0.6 is 0 Å². The van der Waals surface area contributed by atoms with Gasteiger partial charge in [0.05, 0.1) is 11.8 Å². The summed E-state index contributed by atoms with van der Waals surface area (Å²) in [7, 11) is 0. The number of aromatic hydroxyl groups is 1. The minimum absolute atomic E-state index is 0.0197. The van der Waals surface area contributed by atoms with Crippen LogP contribution in [0, 0.1) is 11.8 Å². The minimum Gasteiger partial charge on any atom is -0.508 e. The highest BCUT2D eigenvalue weighted by atomic mass is 16.3. The molecule has 1 saturated carbocycles. The molecule has 1 aromatic rings. The Balaban J connectivity index is 1.66. The first-order chi connectivity index (χ1) is 9.16. The van der Waals surface area contributed by atoms with E-state index < -0.39 is 0 Å². The molecule has 4 heteroatoms. The number of amides is 2. The van der Waals surface area contributed by atoms with E-state index in [2.05, 4.69) is 0 Å².